The maximum absolute atomic E-state index is 13.0. The molecule has 6 rings (SSSR count). The number of piperidine rings is 1. The number of imide groups is 1. The van der Waals surface area contributed by atoms with Crippen molar-refractivity contribution in [3.05, 3.63) is 29.3 Å². The first kappa shape index (κ1) is 25.2. The molecule has 204 valence electrons. The molecule has 1 unspecified atom stereocenters. The van der Waals surface area contributed by atoms with Crippen LogP contribution in [-0.2, 0) is 20.9 Å². The summed E-state index contributed by atoms with van der Waals surface area (Å²) in [6, 6.07) is 5.98. The minimum Gasteiger partial charge on any atom is -0.444 e. The third-order valence-corrected chi connectivity index (χ3v) is 8.74. The molecule has 0 bridgehead atoms. The Bertz CT molecular complexity index is 1170. The lowest BCUT2D eigenvalue weighted by atomic mass is 9.60. The zero-order valence-electron chi connectivity index (χ0n) is 22.5. The van der Waals surface area contributed by atoms with Crippen LogP contribution in [0.25, 0.3) is 0 Å². The number of hydrogen-bond donors (Lipinski definition) is 1. The molecule has 4 fully saturated rings. The van der Waals surface area contributed by atoms with Gasteiger partial charge in [0.1, 0.15) is 11.6 Å². The van der Waals surface area contributed by atoms with Gasteiger partial charge in [-0.25, -0.2) is 4.79 Å². The Hall–Kier alpha value is -3.14. The molecule has 0 radical (unpaired) electrons. The number of benzene rings is 1. The molecule has 1 saturated carbocycles. The van der Waals surface area contributed by atoms with Crippen molar-refractivity contribution in [1.82, 2.24) is 20.0 Å². The minimum absolute atomic E-state index is 0.133. The first-order valence-electron chi connectivity index (χ1n) is 13.7. The fraction of sp³-hybridized carbons (Fsp3) is 0.643. The topological polar surface area (TPSA) is 102 Å². The van der Waals surface area contributed by atoms with E-state index in [4.69, 9.17) is 4.74 Å². The summed E-state index contributed by atoms with van der Waals surface area (Å²) in [7, 11) is 0. The van der Waals surface area contributed by atoms with Crippen molar-refractivity contribution in [1.29, 1.82) is 0 Å². The molecule has 3 saturated heterocycles. The fourth-order valence-corrected chi connectivity index (χ4v) is 6.78. The van der Waals surface area contributed by atoms with Crippen LogP contribution in [0.5, 0.6) is 0 Å². The number of carbonyl (C=O) groups excluding carboxylic acids is 4. The first-order chi connectivity index (χ1) is 18.0. The van der Waals surface area contributed by atoms with Crippen LogP contribution in [0.1, 0.15) is 62.4 Å². The lowest BCUT2D eigenvalue weighted by Gasteiger charge is -2.61. The number of piperazine rings is 1. The number of likely N-dealkylation sites (tertiary alicyclic amines) is 1. The number of rotatable bonds is 3. The van der Waals surface area contributed by atoms with Crippen LogP contribution in [0.2, 0.25) is 0 Å². The Balaban J connectivity index is 0.994. The van der Waals surface area contributed by atoms with E-state index in [1.165, 1.54) is 0 Å². The predicted molar refractivity (Wildman–Crippen MR) is 140 cm³/mol. The Morgan fingerprint density at radius 2 is 1.76 bits per heavy atom. The van der Waals surface area contributed by atoms with E-state index in [1.807, 2.05) is 37.8 Å². The highest BCUT2D eigenvalue weighted by Gasteiger charge is 2.55. The van der Waals surface area contributed by atoms with Gasteiger partial charge in [0.15, 0.2) is 0 Å². The second-order valence-corrected chi connectivity index (χ2v) is 12.7. The zero-order valence-corrected chi connectivity index (χ0v) is 22.5. The number of nitrogens with one attached hydrogen (secondary N) is 1. The molecule has 1 aromatic carbocycles. The van der Waals surface area contributed by atoms with E-state index in [0.717, 1.165) is 63.4 Å². The summed E-state index contributed by atoms with van der Waals surface area (Å²) in [6.07, 6.45) is 2.72. The average Bonchev–Trinajstić information content (AvgIpc) is 3.12. The largest absolute Gasteiger partial charge is 0.444 e. The molecule has 4 aliphatic heterocycles. The highest BCUT2D eigenvalue weighted by atomic mass is 16.6. The SMILES string of the molecule is CC(C)(C)OC(=O)N1CC2(CC(N3CCN(c4ccc5c(c4)CN(C4CCC(=O)NC4=O)C5=O)CC3)C2)C1. The molecular formula is C28H37N5O5. The molecule has 38 heavy (non-hydrogen) atoms. The molecule has 5 aliphatic rings. The number of carbonyl (C=O) groups is 4. The molecule has 1 spiro atoms. The van der Waals surface area contributed by atoms with Crippen LogP contribution < -0.4 is 10.2 Å². The summed E-state index contributed by atoms with van der Waals surface area (Å²) < 4.78 is 5.50. The zero-order chi connectivity index (χ0) is 26.8. The van der Waals surface area contributed by atoms with Crippen molar-refractivity contribution in [3.8, 4) is 0 Å². The summed E-state index contributed by atoms with van der Waals surface area (Å²) in [5.74, 6) is -0.786. The van der Waals surface area contributed by atoms with Crippen molar-refractivity contribution in [3.63, 3.8) is 0 Å². The van der Waals surface area contributed by atoms with Gasteiger partial charge in [-0.3, -0.25) is 24.6 Å². The van der Waals surface area contributed by atoms with Gasteiger partial charge in [-0.2, -0.15) is 0 Å². The van der Waals surface area contributed by atoms with Crippen LogP contribution in [0.4, 0.5) is 10.5 Å². The quantitative estimate of drug-likeness (QED) is 0.605. The number of amides is 4. The maximum Gasteiger partial charge on any atom is 0.410 e. The Morgan fingerprint density at radius 1 is 1.05 bits per heavy atom. The fourth-order valence-electron chi connectivity index (χ4n) is 6.78. The number of hydrogen-bond acceptors (Lipinski definition) is 7. The van der Waals surface area contributed by atoms with Gasteiger partial charge in [0.2, 0.25) is 11.8 Å². The number of anilines is 1. The van der Waals surface area contributed by atoms with Crippen molar-refractivity contribution < 1.29 is 23.9 Å². The summed E-state index contributed by atoms with van der Waals surface area (Å²) in [5.41, 5.74) is 2.53. The molecule has 10 heteroatoms. The highest BCUT2D eigenvalue weighted by molar-refractivity contribution is 6.05. The monoisotopic (exact) mass is 523 g/mol. The van der Waals surface area contributed by atoms with E-state index in [1.54, 1.807) is 4.90 Å². The van der Waals surface area contributed by atoms with Crippen LogP contribution >= 0.6 is 0 Å². The molecule has 1 atom stereocenters. The molecule has 0 aromatic heterocycles. The Labute approximate surface area is 223 Å². The van der Waals surface area contributed by atoms with Crippen LogP contribution in [-0.4, -0.2) is 95.5 Å². The minimum atomic E-state index is -0.586. The molecule has 1 aliphatic carbocycles. The summed E-state index contributed by atoms with van der Waals surface area (Å²) >= 11 is 0. The second-order valence-electron chi connectivity index (χ2n) is 12.7. The van der Waals surface area contributed by atoms with Gasteiger partial charge in [-0.05, 0) is 63.8 Å². The third-order valence-electron chi connectivity index (χ3n) is 8.74. The predicted octanol–water partition coefficient (Wildman–Crippen LogP) is 1.97. The van der Waals surface area contributed by atoms with E-state index in [2.05, 4.69) is 21.2 Å². The molecule has 10 nitrogen and oxygen atoms in total. The van der Waals surface area contributed by atoms with Crippen LogP contribution in [0, 0.1) is 5.41 Å². The van der Waals surface area contributed by atoms with Gasteiger partial charge in [-0.15, -0.1) is 0 Å². The van der Waals surface area contributed by atoms with Gasteiger partial charge in [0.05, 0.1) is 0 Å². The first-order valence-corrected chi connectivity index (χ1v) is 13.7. The Kier molecular flexibility index (Phi) is 5.93. The van der Waals surface area contributed by atoms with Gasteiger partial charge in [0, 0.05) is 74.9 Å². The van der Waals surface area contributed by atoms with Crippen LogP contribution in [0.3, 0.4) is 0 Å². The third kappa shape index (κ3) is 4.52. The smallest absolute Gasteiger partial charge is 0.410 e. The van der Waals surface area contributed by atoms with Crippen LogP contribution in [0.15, 0.2) is 18.2 Å². The van der Waals surface area contributed by atoms with Gasteiger partial charge < -0.3 is 19.4 Å². The maximum atomic E-state index is 13.0. The van der Waals surface area contributed by atoms with Crippen molar-refractivity contribution in [2.24, 2.45) is 5.41 Å². The van der Waals surface area contributed by atoms with Crippen molar-refractivity contribution >= 4 is 29.5 Å². The molecule has 1 aromatic rings. The normalized spacial score (nSPS) is 25.7. The van der Waals surface area contributed by atoms with E-state index >= 15 is 0 Å². The van der Waals surface area contributed by atoms with Gasteiger partial charge >= 0.3 is 6.09 Å². The summed E-state index contributed by atoms with van der Waals surface area (Å²) in [6.45, 7) is 11.6. The lowest BCUT2D eigenvalue weighted by Crippen LogP contribution is -2.69. The second kappa shape index (κ2) is 8.97. The van der Waals surface area contributed by atoms with Crippen molar-refractivity contribution in [2.45, 2.75) is 70.7 Å². The standard InChI is InChI=1S/C28H37N5O5/c1-27(2,3)38-26(37)32-16-28(17-32)13-20(14-28)31-10-8-30(9-11-31)19-4-5-21-18(12-19)15-33(25(21)36)22-6-7-23(34)29-24(22)35/h4-5,12,20,22H,6-11,13-17H2,1-3H3,(H,29,34,35). The van der Waals surface area contributed by atoms with Gasteiger partial charge in [-0.1, -0.05) is 0 Å². The summed E-state index contributed by atoms with van der Waals surface area (Å²) in [5, 5.41) is 2.36. The average molecular weight is 524 g/mol. The number of fused-ring (bicyclic) bond motifs is 1. The van der Waals surface area contributed by atoms with Gasteiger partial charge in [0.25, 0.3) is 5.91 Å². The number of nitrogens with zero attached hydrogens (tertiary/aromatic N) is 4. The molecule has 4 amide bonds. The van der Waals surface area contributed by atoms with E-state index in [0.29, 0.717) is 24.6 Å². The Morgan fingerprint density at radius 3 is 2.42 bits per heavy atom. The molecule has 1 N–H and O–H groups in total. The molecule has 4 heterocycles. The number of ether oxygens (including phenoxy) is 1. The van der Waals surface area contributed by atoms with E-state index < -0.39 is 11.6 Å². The summed E-state index contributed by atoms with van der Waals surface area (Å²) in [4.78, 5) is 57.5. The highest BCUT2D eigenvalue weighted by Crippen LogP contribution is 2.50. The lowest BCUT2D eigenvalue weighted by molar-refractivity contribution is -0.136. The van der Waals surface area contributed by atoms with E-state index in [-0.39, 0.29) is 35.7 Å². The molecular weight excluding hydrogens is 486 g/mol. The van der Waals surface area contributed by atoms with Crippen molar-refractivity contribution in [2.75, 3.05) is 44.2 Å². The van der Waals surface area contributed by atoms with E-state index in [9.17, 15) is 19.2 Å².